The normalized spacial score (nSPS) is 28.3. The standard InChI is InChI=1S/C20H27N3O2/c1-15-12-17(15)19(25)22-10-6-20(7-11-22)5-2-18(24)23(14-20)13-16-3-8-21-9-4-16/h3-4,8-9,15,17H,2,5-7,10-14H2,1H3. The number of pyridine rings is 1. The molecule has 5 heteroatoms. The smallest absolute Gasteiger partial charge is 0.225 e. The van der Waals surface area contributed by atoms with E-state index in [2.05, 4.69) is 16.8 Å². The zero-order valence-electron chi connectivity index (χ0n) is 15.0. The van der Waals surface area contributed by atoms with Crippen molar-refractivity contribution in [1.29, 1.82) is 0 Å². The lowest BCUT2D eigenvalue weighted by atomic mass is 9.72. The van der Waals surface area contributed by atoms with Crippen molar-refractivity contribution < 1.29 is 9.59 Å². The lowest BCUT2D eigenvalue weighted by Crippen LogP contribution is -2.52. The molecule has 2 amide bonds. The van der Waals surface area contributed by atoms with Gasteiger partial charge in [0, 0.05) is 50.9 Å². The van der Waals surface area contributed by atoms with Crippen molar-refractivity contribution in [2.75, 3.05) is 19.6 Å². The molecule has 0 aromatic carbocycles. The lowest BCUT2D eigenvalue weighted by Gasteiger charge is -2.47. The van der Waals surface area contributed by atoms with Gasteiger partial charge in [-0.25, -0.2) is 0 Å². The van der Waals surface area contributed by atoms with Crippen molar-refractivity contribution in [2.45, 2.75) is 45.6 Å². The average molecular weight is 341 g/mol. The number of hydrogen-bond acceptors (Lipinski definition) is 3. The summed E-state index contributed by atoms with van der Waals surface area (Å²) in [5, 5.41) is 0. The Hall–Kier alpha value is -1.91. The van der Waals surface area contributed by atoms with Crippen molar-refractivity contribution in [1.82, 2.24) is 14.8 Å². The van der Waals surface area contributed by atoms with Gasteiger partial charge in [-0.2, -0.15) is 0 Å². The lowest BCUT2D eigenvalue weighted by molar-refractivity contribution is -0.143. The molecular weight excluding hydrogens is 314 g/mol. The fourth-order valence-electron chi connectivity index (χ4n) is 4.47. The highest BCUT2D eigenvalue weighted by Crippen LogP contribution is 2.43. The maximum atomic E-state index is 12.5. The molecule has 1 aromatic heterocycles. The van der Waals surface area contributed by atoms with Gasteiger partial charge in [0.2, 0.25) is 11.8 Å². The number of hydrogen-bond donors (Lipinski definition) is 0. The molecule has 0 bridgehead atoms. The van der Waals surface area contributed by atoms with Crippen LogP contribution >= 0.6 is 0 Å². The van der Waals surface area contributed by atoms with Crippen LogP contribution < -0.4 is 0 Å². The van der Waals surface area contributed by atoms with Crippen LogP contribution in [0.3, 0.4) is 0 Å². The molecule has 1 aliphatic carbocycles. The van der Waals surface area contributed by atoms with E-state index in [1.165, 1.54) is 0 Å². The Morgan fingerprint density at radius 2 is 1.92 bits per heavy atom. The molecule has 3 heterocycles. The summed E-state index contributed by atoms with van der Waals surface area (Å²) in [7, 11) is 0. The highest BCUT2D eigenvalue weighted by molar-refractivity contribution is 5.81. The van der Waals surface area contributed by atoms with Gasteiger partial charge in [0.1, 0.15) is 0 Å². The van der Waals surface area contributed by atoms with Crippen molar-refractivity contribution in [2.24, 2.45) is 17.3 Å². The summed E-state index contributed by atoms with van der Waals surface area (Å²) >= 11 is 0. The Kier molecular flexibility index (Phi) is 4.26. The second-order valence-electron chi connectivity index (χ2n) is 8.25. The van der Waals surface area contributed by atoms with Crippen LogP contribution in [-0.4, -0.2) is 46.2 Å². The highest BCUT2D eigenvalue weighted by Gasteiger charge is 2.45. The minimum atomic E-state index is 0.201. The van der Waals surface area contributed by atoms with Crippen LogP contribution in [0.2, 0.25) is 0 Å². The highest BCUT2D eigenvalue weighted by atomic mass is 16.2. The molecule has 4 rings (SSSR count). The van der Waals surface area contributed by atoms with Gasteiger partial charge in [-0.1, -0.05) is 6.92 Å². The quantitative estimate of drug-likeness (QED) is 0.849. The number of carbonyl (C=O) groups is 2. The maximum absolute atomic E-state index is 12.5. The molecular formula is C20H27N3O2. The van der Waals surface area contributed by atoms with Crippen LogP contribution in [-0.2, 0) is 16.1 Å². The third kappa shape index (κ3) is 3.42. The van der Waals surface area contributed by atoms with Gasteiger partial charge in [-0.3, -0.25) is 14.6 Å². The van der Waals surface area contributed by atoms with Crippen molar-refractivity contribution in [3.8, 4) is 0 Å². The third-order valence-electron chi connectivity index (χ3n) is 6.43. The minimum Gasteiger partial charge on any atom is -0.342 e. The van der Waals surface area contributed by atoms with Crippen LogP contribution in [0, 0.1) is 17.3 Å². The number of carbonyl (C=O) groups excluding carboxylic acids is 2. The van der Waals surface area contributed by atoms with Gasteiger partial charge in [0.05, 0.1) is 0 Å². The first-order valence-electron chi connectivity index (χ1n) is 9.52. The number of amides is 2. The van der Waals surface area contributed by atoms with Crippen molar-refractivity contribution >= 4 is 11.8 Å². The topological polar surface area (TPSA) is 53.5 Å². The van der Waals surface area contributed by atoms with Gasteiger partial charge in [0.15, 0.2) is 0 Å². The monoisotopic (exact) mass is 341 g/mol. The van der Waals surface area contributed by atoms with E-state index in [0.717, 1.165) is 50.9 Å². The summed E-state index contributed by atoms with van der Waals surface area (Å²) in [6.07, 6.45) is 8.29. The van der Waals surface area contributed by atoms with Gasteiger partial charge >= 0.3 is 0 Å². The Morgan fingerprint density at radius 3 is 2.56 bits per heavy atom. The molecule has 25 heavy (non-hydrogen) atoms. The second kappa shape index (κ2) is 6.43. The van der Waals surface area contributed by atoms with Crippen LogP contribution in [0.15, 0.2) is 24.5 Å². The second-order valence-corrected chi connectivity index (χ2v) is 8.25. The maximum Gasteiger partial charge on any atom is 0.225 e. The van der Waals surface area contributed by atoms with Crippen molar-refractivity contribution in [3.05, 3.63) is 30.1 Å². The van der Waals surface area contributed by atoms with E-state index in [-0.39, 0.29) is 17.2 Å². The van der Waals surface area contributed by atoms with E-state index in [4.69, 9.17) is 0 Å². The Bertz CT molecular complexity index is 652. The SMILES string of the molecule is CC1CC1C(=O)N1CCC2(CCC(=O)N(Cc3ccncc3)C2)CC1. The molecule has 134 valence electrons. The summed E-state index contributed by atoms with van der Waals surface area (Å²) in [6, 6.07) is 3.96. The number of aromatic nitrogens is 1. The molecule has 2 saturated heterocycles. The number of likely N-dealkylation sites (tertiary alicyclic amines) is 2. The Balaban J connectivity index is 1.38. The zero-order chi connectivity index (χ0) is 17.4. The van der Waals surface area contributed by atoms with E-state index in [9.17, 15) is 9.59 Å². The molecule has 0 N–H and O–H groups in total. The fourth-order valence-corrected chi connectivity index (χ4v) is 4.47. The van der Waals surface area contributed by atoms with Crippen LogP contribution in [0.25, 0.3) is 0 Å². The van der Waals surface area contributed by atoms with E-state index < -0.39 is 0 Å². The number of rotatable bonds is 3. The zero-order valence-corrected chi connectivity index (χ0v) is 15.0. The molecule has 1 saturated carbocycles. The van der Waals surface area contributed by atoms with E-state index >= 15 is 0 Å². The molecule has 5 nitrogen and oxygen atoms in total. The first-order chi connectivity index (χ1) is 12.1. The van der Waals surface area contributed by atoms with Crippen LogP contribution in [0.5, 0.6) is 0 Å². The molecule has 1 aromatic rings. The summed E-state index contributed by atoms with van der Waals surface area (Å²) in [4.78, 5) is 33.0. The predicted molar refractivity (Wildman–Crippen MR) is 94.4 cm³/mol. The average Bonchev–Trinajstić information content (AvgIpc) is 3.36. The van der Waals surface area contributed by atoms with E-state index in [0.29, 0.717) is 24.8 Å². The summed E-state index contributed by atoms with van der Waals surface area (Å²) in [5.74, 6) is 1.48. The Labute approximate surface area is 149 Å². The molecule has 2 atom stereocenters. The first-order valence-corrected chi connectivity index (χ1v) is 9.52. The van der Waals surface area contributed by atoms with Gasteiger partial charge in [-0.15, -0.1) is 0 Å². The Morgan fingerprint density at radius 1 is 1.24 bits per heavy atom. The number of piperidine rings is 2. The summed E-state index contributed by atoms with van der Waals surface area (Å²) in [5.41, 5.74) is 1.34. The van der Waals surface area contributed by atoms with Crippen LogP contribution in [0.4, 0.5) is 0 Å². The van der Waals surface area contributed by atoms with E-state index in [1.807, 2.05) is 17.0 Å². The van der Waals surface area contributed by atoms with E-state index in [1.54, 1.807) is 12.4 Å². The van der Waals surface area contributed by atoms with Gasteiger partial charge < -0.3 is 9.80 Å². The largest absolute Gasteiger partial charge is 0.342 e. The molecule has 3 fully saturated rings. The third-order valence-corrected chi connectivity index (χ3v) is 6.43. The van der Waals surface area contributed by atoms with Crippen molar-refractivity contribution in [3.63, 3.8) is 0 Å². The molecule has 0 radical (unpaired) electrons. The molecule has 1 spiro atoms. The predicted octanol–water partition coefficient (Wildman–Crippen LogP) is 2.47. The summed E-state index contributed by atoms with van der Waals surface area (Å²) < 4.78 is 0. The van der Waals surface area contributed by atoms with Gasteiger partial charge in [0.25, 0.3) is 0 Å². The molecule has 2 aliphatic heterocycles. The molecule has 3 aliphatic rings. The summed E-state index contributed by atoms with van der Waals surface area (Å²) in [6.45, 7) is 5.39. The fraction of sp³-hybridized carbons (Fsp3) is 0.650. The van der Waals surface area contributed by atoms with Gasteiger partial charge in [-0.05, 0) is 54.7 Å². The minimum absolute atomic E-state index is 0.201. The number of nitrogens with zero attached hydrogens (tertiary/aromatic N) is 3. The molecule has 2 unspecified atom stereocenters. The van der Waals surface area contributed by atoms with Crippen LogP contribution in [0.1, 0.15) is 44.6 Å². The first kappa shape index (κ1) is 16.6.